The van der Waals surface area contributed by atoms with Crippen LogP contribution in [0.2, 0.25) is 5.15 Å². The molecule has 1 aromatic carbocycles. The SMILES string of the molecule is Cc1nn(C)c(Cl)c1S(=O)(=O)N1CC(=O)N(c2ccccc2)CC1C. The highest BCUT2D eigenvalue weighted by Crippen LogP contribution is 2.30. The van der Waals surface area contributed by atoms with Gasteiger partial charge >= 0.3 is 0 Å². The Bertz CT molecular complexity index is 911. The van der Waals surface area contributed by atoms with Crippen molar-refractivity contribution in [2.24, 2.45) is 7.05 Å². The Hall–Kier alpha value is -1.90. The largest absolute Gasteiger partial charge is 0.310 e. The maximum Gasteiger partial charge on any atom is 0.248 e. The van der Waals surface area contributed by atoms with Gasteiger partial charge in [0, 0.05) is 25.3 Å². The second-order valence-corrected chi connectivity index (χ2v) is 8.25. The molecular formula is C16H19ClN4O3S. The Labute approximate surface area is 151 Å². The second kappa shape index (κ2) is 6.44. The van der Waals surface area contributed by atoms with E-state index in [-0.39, 0.29) is 29.0 Å². The van der Waals surface area contributed by atoms with Gasteiger partial charge < -0.3 is 4.90 Å². The molecule has 2 heterocycles. The maximum atomic E-state index is 13.1. The molecule has 0 bridgehead atoms. The minimum atomic E-state index is -3.92. The van der Waals surface area contributed by atoms with Crippen LogP contribution >= 0.6 is 11.6 Å². The van der Waals surface area contributed by atoms with Crippen molar-refractivity contribution in [1.82, 2.24) is 14.1 Å². The number of aryl methyl sites for hydroxylation is 2. The standard InChI is InChI=1S/C16H19ClN4O3S/c1-11-9-20(13-7-5-4-6-8-13)14(22)10-21(11)25(23,24)15-12(2)18-19(3)16(15)17/h4-8,11H,9-10H2,1-3H3. The molecule has 7 nitrogen and oxygen atoms in total. The molecule has 1 amide bonds. The molecule has 3 rings (SSSR count). The number of rotatable bonds is 3. The molecule has 0 N–H and O–H groups in total. The summed E-state index contributed by atoms with van der Waals surface area (Å²) in [6.45, 7) is 3.41. The maximum absolute atomic E-state index is 13.1. The van der Waals surface area contributed by atoms with Crippen LogP contribution in [0.1, 0.15) is 12.6 Å². The number of carbonyl (C=O) groups excluding carboxylic acids is 1. The van der Waals surface area contributed by atoms with Crippen molar-refractivity contribution in [3.05, 3.63) is 41.2 Å². The number of benzene rings is 1. The number of hydrogen-bond acceptors (Lipinski definition) is 4. The number of para-hydroxylation sites is 1. The van der Waals surface area contributed by atoms with Crippen molar-refractivity contribution in [3.63, 3.8) is 0 Å². The third kappa shape index (κ3) is 3.05. The summed E-state index contributed by atoms with van der Waals surface area (Å²) in [5.41, 5.74) is 1.07. The van der Waals surface area contributed by atoms with E-state index >= 15 is 0 Å². The average molecular weight is 383 g/mol. The highest BCUT2D eigenvalue weighted by atomic mass is 35.5. The van der Waals surface area contributed by atoms with Crippen LogP contribution in [-0.2, 0) is 21.9 Å². The molecule has 1 atom stereocenters. The lowest BCUT2D eigenvalue weighted by Gasteiger charge is -2.38. The Morgan fingerprint density at radius 2 is 1.88 bits per heavy atom. The van der Waals surface area contributed by atoms with E-state index in [1.165, 1.54) is 8.99 Å². The van der Waals surface area contributed by atoms with Gasteiger partial charge in [-0.15, -0.1) is 0 Å². The quantitative estimate of drug-likeness (QED) is 0.811. The van der Waals surface area contributed by atoms with Crippen LogP contribution in [0.4, 0.5) is 5.69 Å². The molecule has 134 valence electrons. The van der Waals surface area contributed by atoms with Gasteiger partial charge in [-0.1, -0.05) is 29.8 Å². The minimum Gasteiger partial charge on any atom is -0.310 e. The molecule has 1 aromatic heterocycles. The number of carbonyl (C=O) groups is 1. The van der Waals surface area contributed by atoms with Crippen LogP contribution in [0.25, 0.3) is 0 Å². The molecule has 9 heteroatoms. The smallest absolute Gasteiger partial charge is 0.248 e. The van der Waals surface area contributed by atoms with E-state index in [2.05, 4.69) is 5.10 Å². The molecule has 1 aliphatic heterocycles. The average Bonchev–Trinajstić information content (AvgIpc) is 2.83. The van der Waals surface area contributed by atoms with Crippen LogP contribution < -0.4 is 4.90 Å². The first-order valence-electron chi connectivity index (χ1n) is 7.80. The van der Waals surface area contributed by atoms with E-state index in [1.807, 2.05) is 30.3 Å². The fourth-order valence-electron chi connectivity index (χ4n) is 3.03. The first-order valence-corrected chi connectivity index (χ1v) is 9.61. The van der Waals surface area contributed by atoms with Gasteiger partial charge in [-0.3, -0.25) is 9.48 Å². The van der Waals surface area contributed by atoms with Crippen LogP contribution in [-0.4, -0.2) is 47.5 Å². The normalized spacial score (nSPS) is 19.4. The van der Waals surface area contributed by atoms with E-state index in [1.54, 1.807) is 25.8 Å². The van der Waals surface area contributed by atoms with Crippen molar-refractivity contribution < 1.29 is 13.2 Å². The zero-order valence-electron chi connectivity index (χ0n) is 14.2. The number of sulfonamides is 1. The summed E-state index contributed by atoms with van der Waals surface area (Å²) in [5.74, 6) is -0.273. The van der Waals surface area contributed by atoms with Gasteiger partial charge in [0.1, 0.15) is 10.0 Å². The highest BCUT2D eigenvalue weighted by Gasteiger charge is 2.40. The number of hydrogen-bond donors (Lipinski definition) is 0. The van der Waals surface area contributed by atoms with Gasteiger partial charge in [0.15, 0.2) is 0 Å². The molecule has 1 aliphatic rings. The summed E-state index contributed by atoms with van der Waals surface area (Å²) in [6, 6.07) is 8.82. The molecule has 1 saturated heterocycles. The summed E-state index contributed by atoms with van der Waals surface area (Å²) in [4.78, 5) is 14.1. The molecule has 0 saturated carbocycles. The predicted molar refractivity (Wildman–Crippen MR) is 95.1 cm³/mol. The first kappa shape index (κ1) is 17.9. The van der Waals surface area contributed by atoms with Crippen LogP contribution in [0, 0.1) is 6.92 Å². The zero-order valence-corrected chi connectivity index (χ0v) is 15.8. The van der Waals surface area contributed by atoms with Gasteiger partial charge in [-0.05, 0) is 26.0 Å². The van der Waals surface area contributed by atoms with Gasteiger partial charge in [0.05, 0.1) is 12.2 Å². The molecule has 0 aliphatic carbocycles. The monoisotopic (exact) mass is 382 g/mol. The number of anilines is 1. The molecule has 1 unspecified atom stereocenters. The lowest BCUT2D eigenvalue weighted by Crippen LogP contribution is -2.57. The van der Waals surface area contributed by atoms with Crippen molar-refractivity contribution >= 4 is 33.2 Å². The molecule has 25 heavy (non-hydrogen) atoms. The summed E-state index contributed by atoms with van der Waals surface area (Å²) < 4.78 is 28.6. The van der Waals surface area contributed by atoms with E-state index in [9.17, 15) is 13.2 Å². The summed E-state index contributed by atoms with van der Waals surface area (Å²) >= 11 is 6.13. The van der Waals surface area contributed by atoms with Crippen molar-refractivity contribution in [2.45, 2.75) is 24.8 Å². The Balaban J connectivity index is 1.93. The lowest BCUT2D eigenvalue weighted by molar-refractivity contribution is -0.120. The van der Waals surface area contributed by atoms with E-state index < -0.39 is 16.1 Å². The van der Waals surface area contributed by atoms with Gasteiger partial charge in [-0.2, -0.15) is 9.40 Å². The summed E-state index contributed by atoms with van der Waals surface area (Å²) in [7, 11) is -2.34. The van der Waals surface area contributed by atoms with Gasteiger partial charge in [0.2, 0.25) is 15.9 Å². The first-order chi connectivity index (χ1) is 11.7. The third-order valence-electron chi connectivity index (χ3n) is 4.27. The molecule has 1 fully saturated rings. The topological polar surface area (TPSA) is 75.5 Å². The fourth-order valence-corrected chi connectivity index (χ4v) is 5.31. The number of halogens is 1. The Kier molecular flexibility index (Phi) is 4.61. The van der Waals surface area contributed by atoms with Crippen LogP contribution in [0.15, 0.2) is 35.2 Å². The summed E-state index contributed by atoms with van der Waals surface area (Å²) in [6.07, 6.45) is 0. The second-order valence-electron chi connectivity index (χ2n) is 6.07. The zero-order chi connectivity index (χ0) is 18.4. The van der Waals surface area contributed by atoms with Crippen molar-refractivity contribution in [2.75, 3.05) is 18.0 Å². The van der Waals surface area contributed by atoms with Gasteiger partial charge in [0.25, 0.3) is 0 Å². The van der Waals surface area contributed by atoms with Crippen LogP contribution in [0.3, 0.4) is 0 Å². The molecule has 0 spiro atoms. The minimum absolute atomic E-state index is 0.0375. The van der Waals surface area contributed by atoms with E-state index in [0.29, 0.717) is 5.69 Å². The molecule has 0 radical (unpaired) electrons. The van der Waals surface area contributed by atoms with Gasteiger partial charge in [-0.25, -0.2) is 8.42 Å². The fraction of sp³-hybridized carbons (Fsp3) is 0.375. The Morgan fingerprint density at radius 3 is 2.44 bits per heavy atom. The van der Waals surface area contributed by atoms with Crippen LogP contribution in [0.5, 0.6) is 0 Å². The summed E-state index contributed by atoms with van der Waals surface area (Å²) in [5, 5.41) is 4.11. The highest BCUT2D eigenvalue weighted by molar-refractivity contribution is 7.89. The Morgan fingerprint density at radius 1 is 1.24 bits per heavy atom. The lowest BCUT2D eigenvalue weighted by atomic mass is 10.2. The van der Waals surface area contributed by atoms with Crippen molar-refractivity contribution in [1.29, 1.82) is 0 Å². The number of amides is 1. The molecular weight excluding hydrogens is 364 g/mol. The number of aromatic nitrogens is 2. The third-order valence-corrected chi connectivity index (χ3v) is 6.92. The van der Waals surface area contributed by atoms with Crippen molar-refractivity contribution in [3.8, 4) is 0 Å². The number of nitrogens with zero attached hydrogens (tertiary/aromatic N) is 4. The number of piperazine rings is 1. The van der Waals surface area contributed by atoms with E-state index in [4.69, 9.17) is 11.6 Å². The predicted octanol–water partition coefficient (Wildman–Crippen LogP) is 1.81. The van der Waals surface area contributed by atoms with E-state index in [0.717, 1.165) is 5.69 Å². The molecule has 2 aromatic rings.